The highest BCUT2D eigenvalue weighted by Crippen LogP contribution is 2.44. The molecule has 0 amide bonds. The number of anilines is 4. The average molecular weight is 283 g/mol. The molecule has 1 aliphatic heterocycles. The normalized spacial score (nSPS) is 11.8. The largest absolute Gasteiger partial charge is 0.453 e. The molecule has 0 spiro atoms. The first kappa shape index (κ1) is 13.6. The van der Waals surface area contributed by atoms with Crippen LogP contribution in [0.5, 0.6) is 11.5 Å². The summed E-state index contributed by atoms with van der Waals surface area (Å²) in [4.78, 5) is 4.26. The summed E-state index contributed by atoms with van der Waals surface area (Å²) in [5.41, 5.74) is 4.30. The van der Waals surface area contributed by atoms with Crippen LogP contribution < -0.4 is 19.9 Å². The Bertz CT molecular complexity index is 667. The topological polar surface area (TPSA) is 27.7 Å². The van der Waals surface area contributed by atoms with Gasteiger partial charge in [-0.2, -0.15) is 0 Å². The van der Waals surface area contributed by atoms with Gasteiger partial charge in [-0.25, -0.2) is 0 Å². The van der Waals surface area contributed by atoms with Crippen LogP contribution in [0, 0.1) is 0 Å². The van der Waals surface area contributed by atoms with Crippen molar-refractivity contribution in [3.63, 3.8) is 0 Å². The number of hydrogen-bond donors (Lipinski definition) is 1. The van der Waals surface area contributed by atoms with E-state index in [4.69, 9.17) is 4.74 Å². The highest BCUT2D eigenvalue weighted by atomic mass is 16.5. The smallest absolute Gasteiger partial charge is 0.153 e. The molecule has 2 aromatic rings. The Morgan fingerprint density at radius 3 is 2.05 bits per heavy atom. The Morgan fingerprint density at radius 2 is 1.48 bits per heavy atom. The SMILES string of the molecule is CCN(C)c1ccc2c(c1)Oc1cc(N(C)C)ccc1N2. The fraction of sp³-hybridized carbons (Fsp3) is 0.294. The van der Waals surface area contributed by atoms with Gasteiger partial charge in [0.2, 0.25) is 0 Å². The van der Waals surface area contributed by atoms with Crippen LogP contribution >= 0.6 is 0 Å². The van der Waals surface area contributed by atoms with Gasteiger partial charge in [0.1, 0.15) is 0 Å². The van der Waals surface area contributed by atoms with E-state index in [1.807, 2.05) is 14.1 Å². The molecule has 1 N–H and O–H groups in total. The van der Waals surface area contributed by atoms with Crippen LogP contribution in [0.4, 0.5) is 22.7 Å². The van der Waals surface area contributed by atoms with Crippen molar-refractivity contribution in [3.8, 4) is 11.5 Å². The van der Waals surface area contributed by atoms with Crippen molar-refractivity contribution in [2.24, 2.45) is 0 Å². The first-order valence-corrected chi connectivity index (χ1v) is 7.20. The Morgan fingerprint density at radius 1 is 0.905 bits per heavy atom. The zero-order chi connectivity index (χ0) is 15.0. The van der Waals surface area contributed by atoms with Crippen LogP contribution in [0.3, 0.4) is 0 Å². The van der Waals surface area contributed by atoms with Crippen LogP contribution in [-0.4, -0.2) is 27.7 Å². The van der Waals surface area contributed by atoms with Crippen molar-refractivity contribution in [2.75, 3.05) is 42.8 Å². The first-order chi connectivity index (χ1) is 10.1. The van der Waals surface area contributed by atoms with Crippen molar-refractivity contribution >= 4 is 22.7 Å². The van der Waals surface area contributed by atoms with Crippen LogP contribution in [0.1, 0.15) is 6.92 Å². The summed E-state index contributed by atoms with van der Waals surface area (Å²) in [7, 11) is 6.14. The zero-order valence-corrected chi connectivity index (χ0v) is 13.0. The van der Waals surface area contributed by atoms with Gasteiger partial charge in [0, 0.05) is 51.2 Å². The third-order valence-electron chi connectivity index (χ3n) is 3.85. The number of hydrogen-bond acceptors (Lipinski definition) is 4. The fourth-order valence-corrected chi connectivity index (χ4v) is 2.36. The molecule has 0 unspecified atom stereocenters. The van der Waals surface area contributed by atoms with E-state index in [9.17, 15) is 0 Å². The number of benzene rings is 2. The van der Waals surface area contributed by atoms with Gasteiger partial charge in [-0.3, -0.25) is 0 Å². The molecule has 110 valence electrons. The summed E-state index contributed by atoms with van der Waals surface area (Å²) in [6.07, 6.45) is 0. The molecule has 0 radical (unpaired) electrons. The number of nitrogens with one attached hydrogen (secondary N) is 1. The lowest BCUT2D eigenvalue weighted by atomic mass is 10.1. The molecular formula is C17H21N3O. The van der Waals surface area contributed by atoms with Gasteiger partial charge < -0.3 is 19.9 Å². The highest BCUT2D eigenvalue weighted by Gasteiger charge is 2.18. The molecule has 0 fully saturated rings. The van der Waals surface area contributed by atoms with Crippen LogP contribution in [0.2, 0.25) is 0 Å². The van der Waals surface area contributed by atoms with E-state index in [1.54, 1.807) is 0 Å². The summed E-state index contributed by atoms with van der Waals surface area (Å²) < 4.78 is 6.09. The molecule has 4 nitrogen and oxygen atoms in total. The van der Waals surface area contributed by atoms with Gasteiger partial charge in [-0.1, -0.05) is 0 Å². The molecule has 1 aliphatic rings. The van der Waals surface area contributed by atoms with Crippen molar-refractivity contribution in [1.82, 2.24) is 0 Å². The van der Waals surface area contributed by atoms with Gasteiger partial charge in [0.05, 0.1) is 11.4 Å². The fourth-order valence-electron chi connectivity index (χ4n) is 2.36. The first-order valence-electron chi connectivity index (χ1n) is 7.20. The summed E-state index contributed by atoms with van der Waals surface area (Å²) in [6, 6.07) is 12.5. The van der Waals surface area contributed by atoms with Crippen LogP contribution in [0.25, 0.3) is 0 Å². The summed E-state index contributed by atoms with van der Waals surface area (Å²) >= 11 is 0. The summed E-state index contributed by atoms with van der Waals surface area (Å²) in [5.74, 6) is 1.74. The maximum Gasteiger partial charge on any atom is 0.153 e. The van der Waals surface area contributed by atoms with E-state index in [0.29, 0.717) is 0 Å². The lowest BCUT2D eigenvalue weighted by Crippen LogP contribution is -2.16. The van der Waals surface area contributed by atoms with Crippen molar-refractivity contribution in [1.29, 1.82) is 0 Å². The van der Waals surface area contributed by atoms with E-state index in [1.165, 1.54) is 0 Å². The molecule has 0 aliphatic carbocycles. The van der Waals surface area contributed by atoms with Gasteiger partial charge in [0.15, 0.2) is 11.5 Å². The molecule has 0 saturated heterocycles. The molecule has 0 atom stereocenters. The number of rotatable bonds is 3. The average Bonchev–Trinajstić information content (AvgIpc) is 2.50. The van der Waals surface area contributed by atoms with Gasteiger partial charge >= 0.3 is 0 Å². The van der Waals surface area contributed by atoms with Gasteiger partial charge in [-0.15, -0.1) is 0 Å². The Balaban J connectivity index is 1.96. The van der Waals surface area contributed by atoms with Gasteiger partial charge in [-0.05, 0) is 31.2 Å². The van der Waals surface area contributed by atoms with Crippen LogP contribution in [0.15, 0.2) is 36.4 Å². The monoisotopic (exact) mass is 283 g/mol. The molecule has 2 aromatic carbocycles. The third kappa shape index (κ3) is 2.49. The van der Waals surface area contributed by atoms with Crippen molar-refractivity contribution in [2.45, 2.75) is 6.92 Å². The standard InChI is InChI=1S/C17H21N3O/c1-5-20(4)13-7-9-15-17(11-13)21-16-10-12(19(2)3)6-8-14(16)18-15/h6-11,18H,5H2,1-4H3. The zero-order valence-electron chi connectivity index (χ0n) is 13.0. The van der Waals surface area contributed by atoms with Crippen molar-refractivity contribution in [3.05, 3.63) is 36.4 Å². The Kier molecular flexibility index (Phi) is 3.37. The maximum atomic E-state index is 6.09. The number of ether oxygens (including phenoxy) is 1. The Hall–Kier alpha value is -2.36. The Labute approximate surface area is 125 Å². The highest BCUT2D eigenvalue weighted by molar-refractivity contribution is 5.79. The maximum absolute atomic E-state index is 6.09. The predicted octanol–water partition coefficient (Wildman–Crippen LogP) is 4.06. The molecule has 1 heterocycles. The second-order valence-corrected chi connectivity index (χ2v) is 5.50. The third-order valence-corrected chi connectivity index (χ3v) is 3.85. The second kappa shape index (κ2) is 5.20. The molecule has 21 heavy (non-hydrogen) atoms. The van der Waals surface area contributed by atoms with E-state index in [-0.39, 0.29) is 0 Å². The minimum absolute atomic E-state index is 0.866. The summed E-state index contributed by atoms with van der Waals surface area (Å²) in [5, 5.41) is 3.43. The quantitative estimate of drug-likeness (QED) is 0.784. The molecule has 4 heteroatoms. The molecule has 0 aromatic heterocycles. The second-order valence-electron chi connectivity index (χ2n) is 5.50. The predicted molar refractivity (Wildman–Crippen MR) is 89.5 cm³/mol. The molecule has 3 rings (SSSR count). The van der Waals surface area contributed by atoms with Gasteiger partial charge in [0.25, 0.3) is 0 Å². The lowest BCUT2D eigenvalue weighted by Gasteiger charge is -2.25. The minimum atomic E-state index is 0.866. The van der Waals surface area contributed by atoms with E-state index in [0.717, 1.165) is 40.8 Å². The summed E-state index contributed by atoms with van der Waals surface area (Å²) in [6.45, 7) is 3.10. The van der Waals surface area contributed by atoms with E-state index >= 15 is 0 Å². The molecule has 0 bridgehead atoms. The number of nitrogens with zero attached hydrogens (tertiary/aromatic N) is 2. The van der Waals surface area contributed by atoms with E-state index < -0.39 is 0 Å². The van der Waals surface area contributed by atoms with Crippen LogP contribution in [-0.2, 0) is 0 Å². The van der Waals surface area contributed by atoms with Crippen molar-refractivity contribution < 1.29 is 4.74 Å². The lowest BCUT2D eigenvalue weighted by molar-refractivity contribution is 0.481. The van der Waals surface area contributed by atoms with E-state index in [2.05, 4.69) is 65.5 Å². The minimum Gasteiger partial charge on any atom is -0.453 e. The number of fused-ring (bicyclic) bond motifs is 2. The molecule has 0 saturated carbocycles. The molecular weight excluding hydrogens is 262 g/mol.